The summed E-state index contributed by atoms with van der Waals surface area (Å²) in [6.07, 6.45) is 2.97. The topological polar surface area (TPSA) is 43.8 Å². The maximum absolute atomic E-state index is 6.13. The van der Waals surface area contributed by atoms with Crippen LogP contribution in [0.5, 0.6) is 0 Å². The van der Waals surface area contributed by atoms with Crippen LogP contribution in [0.3, 0.4) is 0 Å². The molecule has 0 atom stereocenters. The minimum Gasteiger partial charge on any atom is -0.396 e. The summed E-state index contributed by atoms with van der Waals surface area (Å²) in [4.78, 5) is 2.50. The number of anilines is 1. The van der Waals surface area contributed by atoms with Crippen LogP contribution in [0.15, 0.2) is 42.6 Å². The first-order valence-electron chi connectivity index (χ1n) is 7.13. The molecule has 108 valence electrons. The predicted octanol–water partition coefficient (Wildman–Crippen LogP) is 4.11. The van der Waals surface area contributed by atoms with Crippen LogP contribution >= 0.6 is 11.3 Å². The second kappa shape index (κ2) is 5.74. The molecule has 0 unspecified atom stereocenters. The third-order valence-corrected chi connectivity index (χ3v) is 4.73. The van der Waals surface area contributed by atoms with Crippen LogP contribution in [0.25, 0.3) is 10.6 Å². The Balaban J connectivity index is 1.85. The van der Waals surface area contributed by atoms with Crippen molar-refractivity contribution in [3.05, 3.63) is 58.6 Å². The third-order valence-electron chi connectivity index (χ3n) is 3.50. The number of rotatable bonds is 4. The van der Waals surface area contributed by atoms with E-state index in [-0.39, 0.29) is 0 Å². The van der Waals surface area contributed by atoms with E-state index in [9.17, 15) is 0 Å². The number of nitrogens with zero attached hydrogens (tertiary/aromatic N) is 2. The van der Waals surface area contributed by atoms with Crippen molar-refractivity contribution in [1.82, 2.24) is 9.78 Å². The normalized spacial score (nSPS) is 11.0. The number of hydrogen-bond acceptors (Lipinski definition) is 3. The number of thiophene rings is 1. The molecule has 0 amide bonds. The fraction of sp³-hybridized carbons (Fsp3) is 0.235. The lowest BCUT2D eigenvalue weighted by molar-refractivity contribution is 0.690. The molecular weight excluding hydrogens is 278 g/mol. The van der Waals surface area contributed by atoms with E-state index in [1.165, 1.54) is 16.0 Å². The minimum atomic E-state index is 0.742. The quantitative estimate of drug-likeness (QED) is 0.787. The maximum Gasteiger partial charge on any atom is 0.125 e. The summed E-state index contributed by atoms with van der Waals surface area (Å²) in [6, 6.07) is 12.8. The standard InChI is InChI=1S/C17H19N3S/c1-3-14-8-9-16(21-14)17-15(18)11-20(19-17)10-13-6-4-12(2)5-7-13/h4-9,11H,3,10,18H2,1-2H3. The maximum atomic E-state index is 6.13. The molecule has 3 rings (SSSR count). The molecule has 0 bridgehead atoms. The molecule has 0 radical (unpaired) electrons. The molecule has 4 heteroatoms. The van der Waals surface area contributed by atoms with Gasteiger partial charge in [-0.3, -0.25) is 4.68 Å². The number of nitrogens with two attached hydrogens (primary N) is 1. The van der Waals surface area contributed by atoms with Crippen LogP contribution < -0.4 is 5.73 Å². The Morgan fingerprint density at radius 1 is 1.14 bits per heavy atom. The van der Waals surface area contributed by atoms with E-state index in [1.54, 1.807) is 11.3 Å². The lowest BCUT2D eigenvalue weighted by atomic mass is 10.1. The highest BCUT2D eigenvalue weighted by atomic mass is 32.1. The van der Waals surface area contributed by atoms with Gasteiger partial charge in [0.05, 0.1) is 17.1 Å². The SMILES string of the molecule is CCc1ccc(-c2nn(Cc3ccc(C)cc3)cc2N)s1. The molecule has 0 saturated heterocycles. The zero-order valence-corrected chi connectivity index (χ0v) is 13.2. The summed E-state index contributed by atoms with van der Waals surface area (Å²) in [6.45, 7) is 5.00. The van der Waals surface area contributed by atoms with Gasteiger partial charge < -0.3 is 5.73 Å². The van der Waals surface area contributed by atoms with Gasteiger partial charge in [0.15, 0.2) is 0 Å². The van der Waals surface area contributed by atoms with E-state index in [0.717, 1.165) is 29.2 Å². The van der Waals surface area contributed by atoms with Gasteiger partial charge in [-0.1, -0.05) is 36.8 Å². The Labute approximate surface area is 129 Å². The van der Waals surface area contributed by atoms with E-state index in [1.807, 2.05) is 10.9 Å². The second-order valence-corrected chi connectivity index (χ2v) is 6.40. The van der Waals surface area contributed by atoms with E-state index >= 15 is 0 Å². The molecule has 0 aliphatic rings. The van der Waals surface area contributed by atoms with Gasteiger partial charge in [0.2, 0.25) is 0 Å². The van der Waals surface area contributed by atoms with Gasteiger partial charge in [-0.25, -0.2) is 0 Å². The Kier molecular flexibility index (Phi) is 3.80. The number of aryl methyl sites for hydroxylation is 2. The van der Waals surface area contributed by atoms with Crippen molar-refractivity contribution in [1.29, 1.82) is 0 Å². The minimum absolute atomic E-state index is 0.742. The van der Waals surface area contributed by atoms with Crippen molar-refractivity contribution in [3.8, 4) is 10.6 Å². The second-order valence-electron chi connectivity index (χ2n) is 5.24. The smallest absolute Gasteiger partial charge is 0.125 e. The van der Waals surface area contributed by atoms with Crippen LogP contribution in [0, 0.1) is 6.92 Å². The first kappa shape index (κ1) is 13.9. The Hall–Kier alpha value is -2.07. The van der Waals surface area contributed by atoms with E-state index in [2.05, 4.69) is 55.3 Å². The Morgan fingerprint density at radius 3 is 2.57 bits per heavy atom. The number of aromatic nitrogens is 2. The van der Waals surface area contributed by atoms with Gasteiger partial charge in [-0.2, -0.15) is 5.10 Å². The zero-order valence-electron chi connectivity index (χ0n) is 12.3. The van der Waals surface area contributed by atoms with Gasteiger partial charge in [0, 0.05) is 11.1 Å². The molecule has 2 heterocycles. The molecule has 0 spiro atoms. The highest BCUT2D eigenvalue weighted by molar-refractivity contribution is 7.15. The van der Waals surface area contributed by atoms with Crippen molar-refractivity contribution in [2.45, 2.75) is 26.8 Å². The Morgan fingerprint density at radius 2 is 1.90 bits per heavy atom. The first-order valence-corrected chi connectivity index (χ1v) is 7.95. The largest absolute Gasteiger partial charge is 0.396 e. The molecule has 2 N–H and O–H groups in total. The van der Waals surface area contributed by atoms with Crippen molar-refractivity contribution in [2.24, 2.45) is 0 Å². The first-order chi connectivity index (χ1) is 10.2. The predicted molar refractivity (Wildman–Crippen MR) is 89.6 cm³/mol. The van der Waals surface area contributed by atoms with E-state index < -0.39 is 0 Å². The van der Waals surface area contributed by atoms with Gasteiger partial charge >= 0.3 is 0 Å². The molecule has 0 aliphatic carbocycles. The van der Waals surface area contributed by atoms with E-state index in [4.69, 9.17) is 5.73 Å². The monoisotopic (exact) mass is 297 g/mol. The average Bonchev–Trinajstić information content (AvgIpc) is 3.08. The zero-order chi connectivity index (χ0) is 14.8. The number of hydrogen-bond donors (Lipinski definition) is 1. The van der Waals surface area contributed by atoms with Crippen LogP contribution in [-0.2, 0) is 13.0 Å². The highest BCUT2D eigenvalue weighted by Crippen LogP contribution is 2.31. The molecule has 0 aliphatic heterocycles. The third kappa shape index (κ3) is 3.00. The highest BCUT2D eigenvalue weighted by Gasteiger charge is 2.11. The average molecular weight is 297 g/mol. The fourth-order valence-electron chi connectivity index (χ4n) is 2.29. The van der Waals surface area contributed by atoms with Crippen molar-refractivity contribution < 1.29 is 0 Å². The van der Waals surface area contributed by atoms with E-state index in [0.29, 0.717) is 0 Å². The molecule has 1 aromatic carbocycles. The van der Waals surface area contributed by atoms with Crippen molar-refractivity contribution in [3.63, 3.8) is 0 Å². The number of benzene rings is 1. The molecule has 2 aromatic heterocycles. The lowest BCUT2D eigenvalue weighted by Crippen LogP contribution is -2.00. The summed E-state index contributed by atoms with van der Waals surface area (Å²) < 4.78 is 1.92. The van der Waals surface area contributed by atoms with Crippen LogP contribution in [-0.4, -0.2) is 9.78 Å². The molecular formula is C17H19N3S. The summed E-state index contributed by atoms with van der Waals surface area (Å²) >= 11 is 1.77. The van der Waals surface area contributed by atoms with Crippen LogP contribution in [0.1, 0.15) is 22.9 Å². The fourth-order valence-corrected chi connectivity index (χ4v) is 3.24. The van der Waals surface area contributed by atoms with Crippen molar-refractivity contribution >= 4 is 17.0 Å². The van der Waals surface area contributed by atoms with Gasteiger partial charge in [-0.15, -0.1) is 11.3 Å². The summed E-state index contributed by atoms with van der Waals surface area (Å²) in [7, 11) is 0. The van der Waals surface area contributed by atoms with Crippen LogP contribution in [0.4, 0.5) is 5.69 Å². The van der Waals surface area contributed by atoms with Gasteiger partial charge in [-0.05, 0) is 31.0 Å². The summed E-state index contributed by atoms with van der Waals surface area (Å²) in [5, 5.41) is 4.65. The molecule has 0 saturated carbocycles. The van der Waals surface area contributed by atoms with Crippen molar-refractivity contribution in [2.75, 3.05) is 5.73 Å². The lowest BCUT2D eigenvalue weighted by Gasteiger charge is -2.02. The summed E-state index contributed by atoms with van der Waals surface area (Å²) in [5.41, 5.74) is 10.3. The van der Waals surface area contributed by atoms with Crippen LogP contribution in [0.2, 0.25) is 0 Å². The summed E-state index contributed by atoms with van der Waals surface area (Å²) in [5.74, 6) is 0. The molecule has 0 fully saturated rings. The molecule has 3 nitrogen and oxygen atoms in total. The van der Waals surface area contributed by atoms with Gasteiger partial charge in [0.1, 0.15) is 5.69 Å². The van der Waals surface area contributed by atoms with Gasteiger partial charge in [0.25, 0.3) is 0 Å². The Bertz CT molecular complexity index is 738. The number of nitrogen functional groups attached to an aromatic ring is 1. The molecule has 21 heavy (non-hydrogen) atoms. The molecule has 3 aromatic rings.